The average Bonchev–Trinajstić information content (AvgIpc) is 3.18. The number of aliphatic imine (C=N–C) groups is 1. The highest BCUT2D eigenvalue weighted by atomic mass is 15.3. The van der Waals surface area contributed by atoms with E-state index in [1.165, 1.54) is 37.8 Å². The van der Waals surface area contributed by atoms with E-state index in [1.807, 2.05) is 25.5 Å². The van der Waals surface area contributed by atoms with Crippen molar-refractivity contribution in [3.63, 3.8) is 0 Å². The number of hydrogen-bond donors (Lipinski definition) is 2. The van der Waals surface area contributed by atoms with Gasteiger partial charge in [0.05, 0.1) is 5.69 Å². The van der Waals surface area contributed by atoms with Crippen molar-refractivity contribution in [2.45, 2.75) is 78.4 Å². The highest BCUT2D eigenvalue weighted by Gasteiger charge is 2.15. The number of rotatable bonds is 7. The number of guanidine groups is 1. The van der Waals surface area contributed by atoms with Gasteiger partial charge in [0, 0.05) is 31.9 Å². The molecule has 0 bridgehead atoms. The zero-order chi connectivity index (χ0) is 19.9. The summed E-state index contributed by atoms with van der Waals surface area (Å²) in [5.41, 5.74) is 2.29. The summed E-state index contributed by atoms with van der Waals surface area (Å²) in [6.45, 7) is 8.39. The third-order valence-electron chi connectivity index (χ3n) is 5.45. The van der Waals surface area contributed by atoms with Gasteiger partial charge in [-0.3, -0.25) is 4.68 Å². The van der Waals surface area contributed by atoms with Crippen LogP contribution in [0, 0.1) is 20.8 Å². The lowest BCUT2D eigenvalue weighted by Gasteiger charge is -2.25. The molecule has 0 spiro atoms. The van der Waals surface area contributed by atoms with Gasteiger partial charge < -0.3 is 15.2 Å². The topological polar surface area (TPSA) is 85.0 Å². The van der Waals surface area contributed by atoms with Gasteiger partial charge >= 0.3 is 0 Å². The van der Waals surface area contributed by atoms with Gasteiger partial charge in [-0.1, -0.05) is 19.3 Å². The van der Waals surface area contributed by atoms with E-state index in [2.05, 4.69) is 43.6 Å². The highest BCUT2D eigenvalue weighted by Crippen LogP contribution is 2.17. The molecule has 2 aromatic rings. The van der Waals surface area contributed by atoms with Gasteiger partial charge in [-0.15, -0.1) is 10.2 Å². The molecular weight excluding hydrogens is 352 g/mol. The standard InChI is InChI=1S/C20H34N8/c1-15-13-16(2)28(26-15)12-8-11-21-20(23-18-9-6-5-7-10-18)22-14-19-25-24-17(3)27(19)4/h13,18H,5-12,14H2,1-4H3,(H2,21,22,23). The Hall–Kier alpha value is -2.38. The van der Waals surface area contributed by atoms with Gasteiger partial charge in [0.2, 0.25) is 0 Å². The van der Waals surface area contributed by atoms with Crippen LogP contribution in [0.5, 0.6) is 0 Å². The second-order valence-electron chi connectivity index (χ2n) is 7.80. The molecule has 2 N–H and O–H groups in total. The van der Waals surface area contributed by atoms with Crippen molar-refractivity contribution in [2.75, 3.05) is 6.54 Å². The van der Waals surface area contributed by atoms with Crippen LogP contribution in [0.4, 0.5) is 0 Å². The van der Waals surface area contributed by atoms with Gasteiger partial charge in [0.25, 0.3) is 0 Å². The molecule has 1 saturated carbocycles. The van der Waals surface area contributed by atoms with Crippen molar-refractivity contribution in [1.29, 1.82) is 0 Å². The number of nitrogens with zero attached hydrogens (tertiary/aromatic N) is 6. The summed E-state index contributed by atoms with van der Waals surface area (Å²) in [6.07, 6.45) is 7.37. The first-order valence-corrected chi connectivity index (χ1v) is 10.4. The Bertz CT molecular complexity index is 782. The van der Waals surface area contributed by atoms with Crippen molar-refractivity contribution >= 4 is 5.96 Å². The van der Waals surface area contributed by atoms with Crippen LogP contribution in [-0.2, 0) is 20.1 Å². The normalized spacial score (nSPS) is 15.8. The van der Waals surface area contributed by atoms with Crippen molar-refractivity contribution in [3.05, 3.63) is 29.1 Å². The molecule has 2 heterocycles. The maximum Gasteiger partial charge on any atom is 0.191 e. The summed E-state index contributed by atoms with van der Waals surface area (Å²) in [7, 11) is 1.98. The maximum absolute atomic E-state index is 4.78. The molecule has 1 aliphatic carbocycles. The number of aromatic nitrogens is 5. The van der Waals surface area contributed by atoms with Gasteiger partial charge in [0.15, 0.2) is 11.8 Å². The van der Waals surface area contributed by atoms with Crippen molar-refractivity contribution in [1.82, 2.24) is 35.2 Å². The predicted molar refractivity (Wildman–Crippen MR) is 111 cm³/mol. The van der Waals surface area contributed by atoms with E-state index < -0.39 is 0 Å². The third kappa shape index (κ3) is 5.56. The minimum atomic E-state index is 0.511. The van der Waals surface area contributed by atoms with Crippen LogP contribution >= 0.6 is 0 Å². The van der Waals surface area contributed by atoms with Gasteiger partial charge in [-0.05, 0) is 46.1 Å². The maximum atomic E-state index is 4.78. The van der Waals surface area contributed by atoms with Gasteiger partial charge in [-0.2, -0.15) is 5.10 Å². The van der Waals surface area contributed by atoms with Crippen LogP contribution in [0.15, 0.2) is 11.1 Å². The highest BCUT2D eigenvalue weighted by molar-refractivity contribution is 5.80. The summed E-state index contributed by atoms with van der Waals surface area (Å²) in [5.74, 6) is 2.66. The lowest BCUT2D eigenvalue weighted by Crippen LogP contribution is -2.44. The fourth-order valence-electron chi connectivity index (χ4n) is 3.67. The van der Waals surface area contributed by atoms with Gasteiger partial charge in [-0.25, -0.2) is 4.99 Å². The number of aryl methyl sites for hydroxylation is 4. The zero-order valence-electron chi connectivity index (χ0n) is 17.7. The first kappa shape index (κ1) is 20.4. The molecule has 0 unspecified atom stereocenters. The van der Waals surface area contributed by atoms with E-state index in [9.17, 15) is 0 Å². The first-order chi connectivity index (χ1) is 13.5. The molecule has 0 radical (unpaired) electrons. The number of nitrogens with one attached hydrogen (secondary N) is 2. The molecule has 0 saturated heterocycles. The van der Waals surface area contributed by atoms with Crippen molar-refractivity contribution in [3.8, 4) is 0 Å². The van der Waals surface area contributed by atoms with Crippen LogP contribution in [0.1, 0.15) is 61.6 Å². The minimum absolute atomic E-state index is 0.511. The second kappa shape index (κ2) is 9.71. The van der Waals surface area contributed by atoms with Crippen LogP contribution in [0.25, 0.3) is 0 Å². The van der Waals surface area contributed by atoms with Crippen LogP contribution < -0.4 is 10.6 Å². The van der Waals surface area contributed by atoms with Crippen molar-refractivity contribution < 1.29 is 0 Å². The Morgan fingerprint density at radius 2 is 1.96 bits per heavy atom. The molecule has 28 heavy (non-hydrogen) atoms. The van der Waals surface area contributed by atoms with E-state index in [-0.39, 0.29) is 0 Å². The predicted octanol–water partition coefficient (Wildman–Crippen LogP) is 2.40. The summed E-state index contributed by atoms with van der Waals surface area (Å²) in [5, 5.41) is 20.0. The summed E-state index contributed by atoms with van der Waals surface area (Å²) in [4.78, 5) is 4.78. The fourth-order valence-corrected chi connectivity index (χ4v) is 3.67. The van der Waals surface area contributed by atoms with E-state index in [1.54, 1.807) is 0 Å². The Morgan fingerprint density at radius 3 is 2.61 bits per heavy atom. The zero-order valence-corrected chi connectivity index (χ0v) is 17.7. The minimum Gasteiger partial charge on any atom is -0.356 e. The Balaban J connectivity index is 1.56. The molecule has 8 nitrogen and oxygen atoms in total. The molecule has 154 valence electrons. The average molecular weight is 387 g/mol. The fraction of sp³-hybridized carbons (Fsp3) is 0.700. The SMILES string of the molecule is Cc1cc(C)n(CCCNC(=NCc2nnc(C)n2C)NC2CCCCC2)n1. The second-order valence-corrected chi connectivity index (χ2v) is 7.80. The molecule has 1 aliphatic rings. The molecule has 0 aliphatic heterocycles. The lowest BCUT2D eigenvalue weighted by molar-refractivity contribution is 0.409. The largest absolute Gasteiger partial charge is 0.356 e. The molecule has 8 heteroatoms. The van der Waals surface area contributed by atoms with Crippen LogP contribution in [0.3, 0.4) is 0 Å². The van der Waals surface area contributed by atoms with Crippen molar-refractivity contribution in [2.24, 2.45) is 12.0 Å². The first-order valence-electron chi connectivity index (χ1n) is 10.4. The van der Waals surface area contributed by atoms with Crippen LogP contribution in [0.2, 0.25) is 0 Å². The Morgan fingerprint density at radius 1 is 1.18 bits per heavy atom. The van der Waals surface area contributed by atoms with Crippen LogP contribution in [-0.4, -0.2) is 43.1 Å². The van der Waals surface area contributed by atoms with E-state index in [4.69, 9.17) is 4.99 Å². The Labute approximate surface area is 167 Å². The number of hydrogen-bond acceptors (Lipinski definition) is 4. The van der Waals surface area contributed by atoms with E-state index >= 15 is 0 Å². The smallest absolute Gasteiger partial charge is 0.191 e. The molecule has 1 fully saturated rings. The monoisotopic (exact) mass is 386 g/mol. The quantitative estimate of drug-likeness (QED) is 0.434. The summed E-state index contributed by atoms with van der Waals surface area (Å²) < 4.78 is 4.06. The third-order valence-corrected chi connectivity index (χ3v) is 5.45. The summed E-state index contributed by atoms with van der Waals surface area (Å²) in [6, 6.07) is 2.63. The lowest BCUT2D eigenvalue weighted by atomic mass is 9.96. The molecule has 2 aromatic heterocycles. The van der Waals surface area contributed by atoms with E-state index in [0.717, 1.165) is 42.8 Å². The van der Waals surface area contributed by atoms with Gasteiger partial charge in [0.1, 0.15) is 12.4 Å². The molecule has 0 amide bonds. The molecule has 3 rings (SSSR count). The molecule has 0 atom stereocenters. The molecular formula is C20H34N8. The summed E-state index contributed by atoms with van der Waals surface area (Å²) >= 11 is 0. The molecule has 0 aromatic carbocycles. The Kier molecular flexibility index (Phi) is 7.06. The van der Waals surface area contributed by atoms with E-state index in [0.29, 0.717) is 12.6 Å².